The number of pyridine rings is 1. The van der Waals surface area contributed by atoms with Gasteiger partial charge in [0.1, 0.15) is 12.0 Å². The first kappa shape index (κ1) is 22.1. The molecule has 0 spiro atoms. The van der Waals surface area contributed by atoms with Crippen LogP contribution < -0.4 is 10.9 Å². The van der Waals surface area contributed by atoms with Crippen molar-refractivity contribution in [3.8, 4) is 11.9 Å². The molecule has 1 saturated carbocycles. The molecule has 0 saturated heterocycles. The molecule has 1 fully saturated rings. The van der Waals surface area contributed by atoms with Gasteiger partial charge in [-0.15, -0.1) is 5.10 Å². The van der Waals surface area contributed by atoms with E-state index >= 15 is 0 Å². The van der Waals surface area contributed by atoms with Crippen molar-refractivity contribution >= 4 is 5.91 Å². The Kier molecular flexibility index (Phi) is 5.23. The third-order valence-corrected chi connectivity index (χ3v) is 5.30. The zero-order valence-electron chi connectivity index (χ0n) is 17.5. The number of amides is 1. The number of aryl methyl sites for hydroxylation is 1. The van der Waals surface area contributed by atoms with Crippen molar-refractivity contribution in [2.45, 2.75) is 37.4 Å². The van der Waals surface area contributed by atoms with Crippen LogP contribution in [0.3, 0.4) is 0 Å². The Morgan fingerprint density at radius 3 is 2.64 bits per heavy atom. The molecule has 1 aliphatic rings. The Morgan fingerprint density at radius 1 is 1.30 bits per heavy atom. The van der Waals surface area contributed by atoms with Crippen LogP contribution >= 0.6 is 0 Å². The topological polar surface area (TPSA) is 131 Å². The molecule has 1 amide bonds. The first-order chi connectivity index (χ1) is 15.5. The molecular formula is C20H17F3N8O2. The van der Waals surface area contributed by atoms with Gasteiger partial charge in [-0.2, -0.15) is 28.2 Å². The van der Waals surface area contributed by atoms with Crippen LogP contribution in [0.15, 0.2) is 35.4 Å². The molecule has 0 bridgehead atoms. The van der Waals surface area contributed by atoms with Gasteiger partial charge in [-0.3, -0.25) is 9.59 Å². The highest BCUT2D eigenvalue weighted by Crippen LogP contribution is 2.47. The Balaban J connectivity index is 1.64. The van der Waals surface area contributed by atoms with Crippen LogP contribution in [0.5, 0.6) is 0 Å². The highest BCUT2D eigenvalue weighted by atomic mass is 19.4. The molecule has 33 heavy (non-hydrogen) atoms. The summed E-state index contributed by atoms with van der Waals surface area (Å²) in [6.45, 7) is 1.57. The first-order valence-electron chi connectivity index (χ1n) is 9.80. The van der Waals surface area contributed by atoms with E-state index in [2.05, 4.69) is 25.5 Å². The lowest BCUT2D eigenvalue weighted by Crippen LogP contribution is -2.30. The highest BCUT2D eigenvalue weighted by molar-refractivity contribution is 5.94. The summed E-state index contributed by atoms with van der Waals surface area (Å²) in [6, 6.07) is 5.80. The summed E-state index contributed by atoms with van der Waals surface area (Å²) in [5.41, 5.74) is -3.02. The number of carbonyl (C=O) groups is 1. The predicted octanol–water partition coefficient (Wildman–Crippen LogP) is 1.82. The van der Waals surface area contributed by atoms with Crippen LogP contribution in [0.4, 0.5) is 13.2 Å². The Labute approximate surface area is 184 Å². The van der Waals surface area contributed by atoms with Gasteiger partial charge < -0.3 is 5.32 Å². The molecule has 1 atom stereocenters. The van der Waals surface area contributed by atoms with Gasteiger partial charge >= 0.3 is 6.18 Å². The van der Waals surface area contributed by atoms with E-state index in [-0.39, 0.29) is 28.5 Å². The van der Waals surface area contributed by atoms with E-state index in [1.165, 1.54) is 36.3 Å². The number of nitrogens with zero attached hydrogens (tertiary/aromatic N) is 7. The molecule has 13 heteroatoms. The Morgan fingerprint density at radius 2 is 2.03 bits per heavy atom. The molecule has 0 aliphatic heterocycles. The lowest BCUT2D eigenvalue weighted by Gasteiger charge is -2.16. The second-order valence-electron chi connectivity index (χ2n) is 7.70. The van der Waals surface area contributed by atoms with Gasteiger partial charge in [-0.05, 0) is 38.0 Å². The molecule has 3 heterocycles. The standard InChI is InChI=1S/C20H17F3N8O2/c1-11(17-25-10-26-31(17)15-3-4-16(32)30(2)29-15)27-18(33)12-7-13(19(9-24)5-6-19)28-14(8-12)20(21,22)23/h3-4,7-8,10-11H,5-6H2,1-2H3,(H,27,33)/t11-/m0/s1. The number of nitrogens with one attached hydrogen (secondary N) is 1. The third-order valence-electron chi connectivity index (χ3n) is 5.30. The monoisotopic (exact) mass is 458 g/mol. The number of alkyl halides is 3. The SMILES string of the molecule is C[C@H](NC(=O)c1cc(C(F)(F)F)nc(C2(C#N)CC2)c1)c1ncnn1-c1ccc(=O)n(C)n1. The number of hydrogen-bond acceptors (Lipinski definition) is 7. The second-order valence-corrected chi connectivity index (χ2v) is 7.70. The normalized spacial score (nSPS) is 15.5. The van der Waals surface area contributed by atoms with Crippen LogP contribution in [0.2, 0.25) is 0 Å². The maximum atomic E-state index is 13.4. The van der Waals surface area contributed by atoms with Crippen molar-refractivity contribution in [3.05, 3.63) is 63.7 Å². The van der Waals surface area contributed by atoms with Gasteiger partial charge in [0.2, 0.25) is 0 Å². The number of aromatic nitrogens is 6. The number of carbonyl (C=O) groups excluding carboxylic acids is 1. The van der Waals surface area contributed by atoms with Gasteiger partial charge in [0.05, 0.1) is 23.2 Å². The fourth-order valence-electron chi connectivity index (χ4n) is 3.27. The Hall–Kier alpha value is -4.08. The first-order valence-corrected chi connectivity index (χ1v) is 9.80. The number of hydrogen-bond donors (Lipinski definition) is 1. The van der Waals surface area contributed by atoms with Crippen LogP contribution in [-0.2, 0) is 18.6 Å². The van der Waals surface area contributed by atoms with Gasteiger partial charge in [0.15, 0.2) is 11.6 Å². The molecule has 1 N–H and O–H groups in total. The third kappa shape index (κ3) is 4.19. The average Bonchev–Trinajstić information content (AvgIpc) is 3.42. The fourth-order valence-corrected chi connectivity index (χ4v) is 3.27. The number of halogens is 3. The highest BCUT2D eigenvalue weighted by Gasteiger charge is 2.48. The van der Waals surface area contributed by atoms with Crippen molar-refractivity contribution in [2.24, 2.45) is 7.05 Å². The largest absolute Gasteiger partial charge is 0.433 e. The van der Waals surface area contributed by atoms with E-state index < -0.39 is 29.2 Å². The summed E-state index contributed by atoms with van der Waals surface area (Å²) in [5.74, 6) is -0.287. The number of rotatable bonds is 5. The molecule has 3 aromatic rings. The average molecular weight is 458 g/mol. The van der Waals surface area contributed by atoms with Gasteiger partial charge in [-0.1, -0.05) is 0 Å². The zero-order chi connectivity index (χ0) is 24.0. The molecule has 170 valence electrons. The van der Waals surface area contributed by atoms with E-state index in [9.17, 15) is 28.0 Å². The van der Waals surface area contributed by atoms with Gasteiger partial charge in [0.25, 0.3) is 11.5 Å². The lowest BCUT2D eigenvalue weighted by molar-refractivity contribution is -0.141. The summed E-state index contributed by atoms with van der Waals surface area (Å²) in [7, 11) is 1.46. The minimum Gasteiger partial charge on any atom is -0.342 e. The van der Waals surface area contributed by atoms with Crippen LogP contribution in [-0.4, -0.2) is 35.4 Å². The summed E-state index contributed by atoms with van der Waals surface area (Å²) in [6.07, 6.45) is -2.80. The molecule has 4 rings (SSSR count). The van der Waals surface area contributed by atoms with E-state index in [0.717, 1.165) is 4.68 Å². The van der Waals surface area contributed by atoms with E-state index in [1.54, 1.807) is 6.92 Å². The minimum absolute atomic E-state index is 0.0739. The van der Waals surface area contributed by atoms with E-state index in [1.807, 2.05) is 6.07 Å². The van der Waals surface area contributed by atoms with E-state index in [0.29, 0.717) is 18.9 Å². The van der Waals surface area contributed by atoms with Gasteiger partial charge in [-0.25, -0.2) is 14.6 Å². The van der Waals surface area contributed by atoms with Crippen molar-refractivity contribution < 1.29 is 18.0 Å². The van der Waals surface area contributed by atoms with Crippen molar-refractivity contribution in [1.29, 1.82) is 5.26 Å². The molecular weight excluding hydrogens is 441 g/mol. The molecule has 0 unspecified atom stereocenters. The maximum Gasteiger partial charge on any atom is 0.433 e. The maximum absolute atomic E-state index is 13.4. The lowest BCUT2D eigenvalue weighted by atomic mass is 10.0. The molecule has 0 aromatic carbocycles. The summed E-state index contributed by atoms with van der Waals surface area (Å²) < 4.78 is 42.5. The minimum atomic E-state index is -4.78. The molecule has 3 aromatic heterocycles. The molecule has 1 aliphatic carbocycles. The van der Waals surface area contributed by atoms with Crippen LogP contribution in [0, 0.1) is 11.3 Å². The summed E-state index contributed by atoms with van der Waals surface area (Å²) in [4.78, 5) is 32.1. The molecule has 0 radical (unpaired) electrons. The van der Waals surface area contributed by atoms with Crippen molar-refractivity contribution in [2.75, 3.05) is 0 Å². The fraction of sp³-hybridized carbons (Fsp3) is 0.350. The van der Waals surface area contributed by atoms with Gasteiger partial charge in [0, 0.05) is 18.7 Å². The smallest absolute Gasteiger partial charge is 0.342 e. The summed E-state index contributed by atoms with van der Waals surface area (Å²) in [5, 5.41) is 20.1. The zero-order valence-corrected chi connectivity index (χ0v) is 17.5. The van der Waals surface area contributed by atoms with Crippen LogP contribution in [0.25, 0.3) is 5.82 Å². The van der Waals surface area contributed by atoms with Crippen LogP contribution in [0.1, 0.15) is 53.4 Å². The second kappa shape index (κ2) is 7.80. The number of nitriles is 1. The van der Waals surface area contributed by atoms with E-state index in [4.69, 9.17) is 0 Å². The van der Waals surface area contributed by atoms with Crippen molar-refractivity contribution in [3.63, 3.8) is 0 Å². The predicted molar refractivity (Wildman–Crippen MR) is 106 cm³/mol. The van der Waals surface area contributed by atoms with Crippen molar-refractivity contribution in [1.82, 2.24) is 34.8 Å². The Bertz CT molecular complexity index is 1330. The quantitative estimate of drug-likeness (QED) is 0.617. The molecule has 10 nitrogen and oxygen atoms in total. The summed E-state index contributed by atoms with van der Waals surface area (Å²) >= 11 is 0.